The van der Waals surface area contributed by atoms with Crippen LogP contribution in [0, 0.1) is 6.92 Å². The highest BCUT2D eigenvalue weighted by molar-refractivity contribution is 9.10. The summed E-state index contributed by atoms with van der Waals surface area (Å²) >= 11 is 3.42. The van der Waals surface area contributed by atoms with Crippen LogP contribution in [-0.4, -0.2) is 6.03 Å². The molecule has 0 heterocycles. The van der Waals surface area contributed by atoms with E-state index in [-0.39, 0.29) is 6.03 Å². The predicted octanol–water partition coefficient (Wildman–Crippen LogP) is 3.98. The maximum absolute atomic E-state index is 11.9. The molecule has 2 rings (SSSR count). The quantitative estimate of drug-likeness (QED) is 0.733. The first-order valence-electron chi connectivity index (χ1n) is 5.75. The van der Waals surface area contributed by atoms with Crippen molar-refractivity contribution in [1.29, 1.82) is 0 Å². The molecular weight excluding hydrogens is 306 g/mol. The lowest BCUT2D eigenvalue weighted by atomic mass is 10.2. The molecule has 0 radical (unpaired) electrons. The van der Waals surface area contributed by atoms with Gasteiger partial charge in [-0.25, -0.2) is 4.79 Å². The summed E-state index contributed by atoms with van der Waals surface area (Å²) < 4.78 is 0.953. The molecular formula is C14H14BrN3O. The molecule has 0 saturated heterocycles. The molecule has 0 unspecified atom stereocenters. The summed E-state index contributed by atoms with van der Waals surface area (Å²) in [6, 6.07) is 12.4. The summed E-state index contributed by atoms with van der Waals surface area (Å²) in [6.45, 7) is 1.93. The fraction of sp³-hybridized carbons (Fsp3) is 0.0714. The van der Waals surface area contributed by atoms with Crippen LogP contribution in [0.25, 0.3) is 0 Å². The largest absolute Gasteiger partial charge is 0.399 e. The molecule has 2 amide bonds. The third-order valence-electron chi connectivity index (χ3n) is 2.66. The van der Waals surface area contributed by atoms with E-state index in [9.17, 15) is 4.79 Å². The van der Waals surface area contributed by atoms with Gasteiger partial charge in [0.25, 0.3) is 0 Å². The highest BCUT2D eigenvalue weighted by Gasteiger charge is 2.06. The van der Waals surface area contributed by atoms with Crippen LogP contribution < -0.4 is 16.4 Å². The van der Waals surface area contributed by atoms with Crippen LogP contribution in [0.2, 0.25) is 0 Å². The number of nitrogens with one attached hydrogen (secondary N) is 2. The second kappa shape index (κ2) is 5.75. The summed E-state index contributed by atoms with van der Waals surface area (Å²) in [6.07, 6.45) is 0. The third kappa shape index (κ3) is 3.48. The van der Waals surface area contributed by atoms with Crippen LogP contribution in [0.4, 0.5) is 21.9 Å². The third-order valence-corrected chi connectivity index (χ3v) is 3.52. The number of hydrogen-bond acceptors (Lipinski definition) is 2. The molecule has 0 atom stereocenters. The summed E-state index contributed by atoms with van der Waals surface area (Å²) in [5.41, 5.74) is 8.66. The SMILES string of the molecule is Cc1c(Br)cccc1NC(=O)Nc1cccc(N)c1. The molecule has 19 heavy (non-hydrogen) atoms. The van der Waals surface area contributed by atoms with Crippen LogP contribution in [0.5, 0.6) is 0 Å². The monoisotopic (exact) mass is 319 g/mol. The molecule has 0 aromatic heterocycles. The number of carbonyl (C=O) groups excluding carboxylic acids is 1. The van der Waals surface area contributed by atoms with Crippen LogP contribution in [0.3, 0.4) is 0 Å². The minimum Gasteiger partial charge on any atom is -0.399 e. The number of halogens is 1. The molecule has 5 heteroatoms. The van der Waals surface area contributed by atoms with Gasteiger partial charge in [-0.3, -0.25) is 0 Å². The number of amides is 2. The Hall–Kier alpha value is -2.01. The van der Waals surface area contributed by atoms with Gasteiger partial charge in [0.05, 0.1) is 0 Å². The second-order valence-corrected chi connectivity index (χ2v) is 4.97. The molecule has 0 aliphatic rings. The normalized spacial score (nSPS) is 10.0. The van der Waals surface area contributed by atoms with Crippen molar-refractivity contribution in [3.8, 4) is 0 Å². The average Bonchev–Trinajstić information content (AvgIpc) is 2.35. The fourth-order valence-corrected chi connectivity index (χ4v) is 2.01. The van der Waals surface area contributed by atoms with Gasteiger partial charge in [0, 0.05) is 21.5 Å². The Morgan fingerprint density at radius 3 is 2.63 bits per heavy atom. The Kier molecular flexibility index (Phi) is 4.06. The highest BCUT2D eigenvalue weighted by atomic mass is 79.9. The van der Waals surface area contributed by atoms with Crippen LogP contribution >= 0.6 is 15.9 Å². The number of anilines is 3. The first-order valence-corrected chi connectivity index (χ1v) is 6.54. The number of rotatable bonds is 2. The molecule has 0 bridgehead atoms. The van der Waals surface area contributed by atoms with E-state index in [1.165, 1.54) is 0 Å². The Labute approximate surface area is 120 Å². The predicted molar refractivity (Wildman–Crippen MR) is 82.4 cm³/mol. The summed E-state index contributed by atoms with van der Waals surface area (Å²) in [7, 11) is 0. The van der Waals surface area contributed by atoms with Gasteiger partial charge in [-0.2, -0.15) is 0 Å². The summed E-state index contributed by atoms with van der Waals surface area (Å²) in [4.78, 5) is 11.9. The van der Waals surface area contributed by atoms with Gasteiger partial charge >= 0.3 is 6.03 Å². The highest BCUT2D eigenvalue weighted by Crippen LogP contribution is 2.23. The van der Waals surface area contributed by atoms with Gasteiger partial charge in [0.1, 0.15) is 0 Å². The first kappa shape index (κ1) is 13.4. The van der Waals surface area contributed by atoms with Crippen molar-refractivity contribution in [2.75, 3.05) is 16.4 Å². The summed E-state index contributed by atoms with van der Waals surface area (Å²) in [5.74, 6) is 0. The van der Waals surface area contributed by atoms with Crippen molar-refractivity contribution in [1.82, 2.24) is 0 Å². The maximum atomic E-state index is 11.9. The van der Waals surface area contributed by atoms with Gasteiger partial charge < -0.3 is 16.4 Å². The van der Waals surface area contributed by atoms with E-state index in [1.54, 1.807) is 24.3 Å². The van der Waals surface area contributed by atoms with E-state index in [1.807, 2.05) is 25.1 Å². The van der Waals surface area contributed by atoms with E-state index in [0.717, 1.165) is 15.7 Å². The van der Waals surface area contributed by atoms with E-state index in [2.05, 4.69) is 26.6 Å². The smallest absolute Gasteiger partial charge is 0.323 e. The molecule has 0 fully saturated rings. The minimum absolute atomic E-state index is 0.299. The van der Waals surface area contributed by atoms with E-state index in [0.29, 0.717) is 11.4 Å². The van der Waals surface area contributed by atoms with E-state index < -0.39 is 0 Å². The number of nitrogens with two attached hydrogens (primary N) is 1. The zero-order valence-corrected chi connectivity index (χ0v) is 12.0. The van der Waals surface area contributed by atoms with E-state index >= 15 is 0 Å². The lowest BCUT2D eigenvalue weighted by Gasteiger charge is -2.11. The van der Waals surface area contributed by atoms with E-state index in [4.69, 9.17) is 5.73 Å². The molecule has 0 aliphatic carbocycles. The molecule has 4 nitrogen and oxygen atoms in total. The van der Waals surface area contributed by atoms with Crippen molar-refractivity contribution in [2.45, 2.75) is 6.92 Å². The number of carbonyl (C=O) groups is 1. The van der Waals surface area contributed by atoms with Gasteiger partial charge in [0.15, 0.2) is 0 Å². The van der Waals surface area contributed by atoms with Gasteiger partial charge in [-0.05, 0) is 42.8 Å². The average molecular weight is 320 g/mol. The number of nitrogen functional groups attached to an aromatic ring is 1. The van der Waals surface area contributed by atoms with Crippen molar-refractivity contribution in [3.05, 3.63) is 52.5 Å². The Balaban J connectivity index is 2.08. The Morgan fingerprint density at radius 1 is 1.16 bits per heavy atom. The lowest BCUT2D eigenvalue weighted by molar-refractivity contribution is 0.262. The van der Waals surface area contributed by atoms with Crippen molar-refractivity contribution in [2.24, 2.45) is 0 Å². The lowest BCUT2D eigenvalue weighted by Crippen LogP contribution is -2.20. The molecule has 2 aromatic carbocycles. The van der Waals surface area contributed by atoms with Crippen molar-refractivity contribution in [3.63, 3.8) is 0 Å². The number of benzene rings is 2. The second-order valence-electron chi connectivity index (χ2n) is 4.12. The van der Waals surface area contributed by atoms with Crippen molar-refractivity contribution < 1.29 is 4.79 Å². The van der Waals surface area contributed by atoms with Gasteiger partial charge in [-0.15, -0.1) is 0 Å². The van der Waals surface area contributed by atoms with Crippen LogP contribution in [0.1, 0.15) is 5.56 Å². The van der Waals surface area contributed by atoms with Crippen molar-refractivity contribution >= 4 is 39.0 Å². The molecule has 0 aliphatic heterocycles. The zero-order valence-electron chi connectivity index (χ0n) is 10.4. The molecule has 4 N–H and O–H groups in total. The zero-order chi connectivity index (χ0) is 13.8. The summed E-state index contributed by atoms with van der Waals surface area (Å²) in [5, 5.41) is 5.53. The Bertz CT molecular complexity index is 613. The number of hydrogen-bond donors (Lipinski definition) is 3. The molecule has 98 valence electrons. The minimum atomic E-state index is -0.299. The topological polar surface area (TPSA) is 67.2 Å². The van der Waals surface area contributed by atoms with Crippen LogP contribution in [-0.2, 0) is 0 Å². The molecule has 0 saturated carbocycles. The van der Waals surface area contributed by atoms with Gasteiger partial charge in [0.2, 0.25) is 0 Å². The standard InChI is InChI=1S/C14H14BrN3O/c1-9-12(15)6-3-7-13(9)18-14(19)17-11-5-2-4-10(16)8-11/h2-8H,16H2,1H3,(H2,17,18,19). The fourth-order valence-electron chi connectivity index (χ4n) is 1.64. The van der Waals surface area contributed by atoms with Crippen LogP contribution in [0.15, 0.2) is 46.9 Å². The Morgan fingerprint density at radius 2 is 1.89 bits per heavy atom. The first-order chi connectivity index (χ1) is 9.06. The number of urea groups is 1. The molecule has 0 spiro atoms. The molecule has 2 aromatic rings. The maximum Gasteiger partial charge on any atom is 0.323 e. The van der Waals surface area contributed by atoms with Gasteiger partial charge in [-0.1, -0.05) is 28.1 Å².